The molecule has 0 aromatic heterocycles. The Bertz CT molecular complexity index is 1100. The maximum atomic E-state index is 13.6. The molecule has 0 saturated carbocycles. The number of carbonyl (C=O) groups excluding carboxylic acids is 2. The third-order valence-electron chi connectivity index (χ3n) is 5.00. The van der Waals surface area contributed by atoms with Crippen molar-refractivity contribution in [2.45, 2.75) is 52.2 Å². The molecular formula is C24H31Cl2N3O4S. The number of para-hydroxylation sites is 1. The number of anilines is 1. The average molecular weight is 529 g/mol. The molecular weight excluding hydrogens is 497 g/mol. The summed E-state index contributed by atoms with van der Waals surface area (Å²) in [5.74, 6) is -0.904. The van der Waals surface area contributed by atoms with E-state index in [1.807, 2.05) is 20.8 Å². The molecule has 1 unspecified atom stereocenters. The maximum Gasteiger partial charge on any atom is 0.244 e. The van der Waals surface area contributed by atoms with Crippen LogP contribution in [0, 0.1) is 0 Å². The summed E-state index contributed by atoms with van der Waals surface area (Å²) >= 11 is 12.7. The SMILES string of the molecule is CCC(C(=O)NC(C)(C)C)N(Cc1c(Cl)cccc1Cl)C(=O)CN(c1ccccc1)S(C)(=O)=O. The molecule has 0 spiro atoms. The number of hydrogen-bond donors (Lipinski definition) is 1. The minimum absolute atomic E-state index is 0.0558. The van der Waals surface area contributed by atoms with E-state index in [-0.39, 0.29) is 12.5 Å². The molecule has 2 amide bonds. The van der Waals surface area contributed by atoms with Crippen LogP contribution in [0.3, 0.4) is 0 Å². The van der Waals surface area contributed by atoms with Gasteiger partial charge in [-0.3, -0.25) is 13.9 Å². The Balaban J connectivity index is 2.50. The van der Waals surface area contributed by atoms with Gasteiger partial charge in [-0.2, -0.15) is 0 Å². The Morgan fingerprint density at radius 2 is 1.56 bits per heavy atom. The van der Waals surface area contributed by atoms with Gasteiger partial charge in [0.05, 0.1) is 11.9 Å². The summed E-state index contributed by atoms with van der Waals surface area (Å²) in [6, 6.07) is 12.4. The summed E-state index contributed by atoms with van der Waals surface area (Å²) in [7, 11) is -3.78. The fraction of sp³-hybridized carbons (Fsp3) is 0.417. The van der Waals surface area contributed by atoms with Crippen molar-refractivity contribution in [3.8, 4) is 0 Å². The fourth-order valence-corrected chi connectivity index (χ4v) is 4.80. The molecule has 0 saturated heterocycles. The number of benzene rings is 2. The van der Waals surface area contributed by atoms with Crippen LogP contribution in [-0.4, -0.2) is 49.5 Å². The van der Waals surface area contributed by atoms with Crippen molar-refractivity contribution in [2.75, 3.05) is 17.1 Å². The first-order chi connectivity index (χ1) is 15.7. The van der Waals surface area contributed by atoms with Crippen LogP contribution in [0.5, 0.6) is 0 Å². The van der Waals surface area contributed by atoms with Crippen molar-refractivity contribution in [1.29, 1.82) is 0 Å². The van der Waals surface area contributed by atoms with Crippen molar-refractivity contribution >= 4 is 50.7 Å². The first-order valence-corrected chi connectivity index (χ1v) is 13.4. The van der Waals surface area contributed by atoms with Crippen LogP contribution in [0.1, 0.15) is 39.7 Å². The van der Waals surface area contributed by atoms with E-state index in [1.165, 1.54) is 4.90 Å². The highest BCUT2D eigenvalue weighted by Crippen LogP contribution is 2.27. The number of sulfonamides is 1. The number of amides is 2. The zero-order valence-electron chi connectivity index (χ0n) is 20.0. The van der Waals surface area contributed by atoms with Crippen molar-refractivity contribution < 1.29 is 18.0 Å². The Labute approximate surface area is 212 Å². The first kappa shape index (κ1) is 28.0. The van der Waals surface area contributed by atoms with Gasteiger partial charge in [0.2, 0.25) is 21.8 Å². The van der Waals surface area contributed by atoms with E-state index < -0.39 is 34.1 Å². The van der Waals surface area contributed by atoms with E-state index in [4.69, 9.17) is 23.2 Å². The summed E-state index contributed by atoms with van der Waals surface area (Å²) in [6.07, 6.45) is 1.34. The van der Waals surface area contributed by atoms with E-state index in [9.17, 15) is 18.0 Å². The second-order valence-corrected chi connectivity index (χ2v) is 11.7. The van der Waals surface area contributed by atoms with Gasteiger partial charge in [-0.15, -0.1) is 0 Å². The van der Waals surface area contributed by atoms with E-state index in [0.717, 1.165) is 10.6 Å². The van der Waals surface area contributed by atoms with Crippen LogP contribution in [0.15, 0.2) is 48.5 Å². The Kier molecular flexibility index (Phi) is 9.39. The molecule has 186 valence electrons. The third kappa shape index (κ3) is 7.61. The lowest BCUT2D eigenvalue weighted by Gasteiger charge is -2.34. The molecule has 2 aromatic rings. The lowest BCUT2D eigenvalue weighted by Crippen LogP contribution is -2.55. The fourth-order valence-electron chi connectivity index (χ4n) is 3.43. The number of carbonyl (C=O) groups is 2. The predicted octanol–water partition coefficient (Wildman–Crippen LogP) is 4.48. The summed E-state index contributed by atoms with van der Waals surface area (Å²) in [6.45, 7) is 6.78. The maximum absolute atomic E-state index is 13.6. The van der Waals surface area contributed by atoms with Crippen LogP contribution in [0.4, 0.5) is 5.69 Å². The second-order valence-electron chi connectivity index (χ2n) is 8.99. The number of nitrogens with zero attached hydrogens (tertiary/aromatic N) is 2. The van der Waals surface area contributed by atoms with Crippen LogP contribution < -0.4 is 9.62 Å². The molecule has 2 rings (SSSR count). The van der Waals surface area contributed by atoms with Gasteiger partial charge in [0, 0.05) is 27.7 Å². The van der Waals surface area contributed by atoms with Gasteiger partial charge in [0.25, 0.3) is 0 Å². The Hall–Kier alpha value is -2.29. The second kappa shape index (κ2) is 11.4. The molecule has 0 heterocycles. The minimum Gasteiger partial charge on any atom is -0.350 e. The molecule has 34 heavy (non-hydrogen) atoms. The summed E-state index contributed by atoms with van der Waals surface area (Å²) in [5.41, 5.74) is 0.303. The molecule has 0 fully saturated rings. The number of hydrogen-bond acceptors (Lipinski definition) is 4. The lowest BCUT2D eigenvalue weighted by molar-refractivity contribution is -0.141. The average Bonchev–Trinajstić information content (AvgIpc) is 2.72. The molecule has 1 atom stereocenters. The van der Waals surface area contributed by atoms with Crippen LogP contribution in [0.2, 0.25) is 10.0 Å². The molecule has 1 N–H and O–H groups in total. The molecule has 0 aliphatic carbocycles. The van der Waals surface area contributed by atoms with E-state index in [2.05, 4.69) is 5.32 Å². The quantitative estimate of drug-likeness (QED) is 0.520. The molecule has 2 aromatic carbocycles. The summed E-state index contributed by atoms with van der Waals surface area (Å²) in [4.78, 5) is 28.1. The van der Waals surface area contributed by atoms with Crippen molar-refractivity contribution in [1.82, 2.24) is 10.2 Å². The van der Waals surface area contributed by atoms with Gasteiger partial charge in [0.15, 0.2) is 0 Å². The molecule has 7 nitrogen and oxygen atoms in total. The highest BCUT2D eigenvalue weighted by molar-refractivity contribution is 7.92. The predicted molar refractivity (Wildman–Crippen MR) is 138 cm³/mol. The highest BCUT2D eigenvalue weighted by Gasteiger charge is 2.33. The summed E-state index contributed by atoms with van der Waals surface area (Å²) in [5, 5.41) is 3.60. The topological polar surface area (TPSA) is 86.8 Å². The zero-order valence-corrected chi connectivity index (χ0v) is 22.3. The van der Waals surface area contributed by atoms with Gasteiger partial charge in [-0.1, -0.05) is 54.4 Å². The van der Waals surface area contributed by atoms with Gasteiger partial charge < -0.3 is 10.2 Å². The smallest absolute Gasteiger partial charge is 0.244 e. The zero-order chi connectivity index (χ0) is 25.7. The van der Waals surface area contributed by atoms with Crippen LogP contribution >= 0.6 is 23.2 Å². The Morgan fingerprint density at radius 3 is 2.03 bits per heavy atom. The number of rotatable bonds is 9. The summed E-state index contributed by atoms with van der Waals surface area (Å²) < 4.78 is 26.1. The molecule has 0 aliphatic heterocycles. The largest absolute Gasteiger partial charge is 0.350 e. The standard InChI is InChI=1S/C24H31Cl2N3O4S/c1-6-21(23(31)27-24(2,3)4)28(15-18-19(25)13-10-14-20(18)26)22(30)16-29(34(5,32)33)17-11-8-7-9-12-17/h7-14,21H,6,15-16H2,1-5H3,(H,27,31). The normalized spacial score (nSPS) is 12.7. The van der Waals surface area contributed by atoms with Gasteiger partial charge in [-0.05, 0) is 51.5 Å². The van der Waals surface area contributed by atoms with E-state index >= 15 is 0 Å². The van der Waals surface area contributed by atoms with Crippen molar-refractivity contribution in [3.63, 3.8) is 0 Å². The van der Waals surface area contributed by atoms with Gasteiger partial charge in [0.1, 0.15) is 12.6 Å². The van der Waals surface area contributed by atoms with E-state index in [0.29, 0.717) is 27.7 Å². The molecule has 0 bridgehead atoms. The van der Waals surface area contributed by atoms with Gasteiger partial charge in [-0.25, -0.2) is 8.42 Å². The van der Waals surface area contributed by atoms with Crippen molar-refractivity contribution in [3.05, 3.63) is 64.1 Å². The first-order valence-electron chi connectivity index (χ1n) is 10.8. The molecule has 0 aliphatic rings. The third-order valence-corrected chi connectivity index (χ3v) is 6.85. The van der Waals surface area contributed by atoms with Gasteiger partial charge >= 0.3 is 0 Å². The number of halogens is 2. The minimum atomic E-state index is -3.78. The van der Waals surface area contributed by atoms with E-state index in [1.54, 1.807) is 55.5 Å². The van der Waals surface area contributed by atoms with Crippen LogP contribution in [-0.2, 0) is 26.2 Å². The van der Waals surface area contributed by atoms with Crippen molar-refractivity contribution in [2.24, 2.45) is 0 Å². The highest BCUT2D eigenvalue weighted by atomic mass is 35.5. The number of nitrogens with one attached hydrogen (secondary N) is 1. The lowest BCUT2D eigenvalue weighted by atomic mass is 10.1. The Morgan fingerprint density at radius 1 is 1.00 bits per heavy atom. The van der Waals surface area contributed by atoms with Crippen LogP contribution in [0.25, 0.3) is 0 Å². The molecule has 0 radical (unpaired) electrons. The monoisotopic (exact) mass is 527 g/mol. The molecule has 10 heteroatoms.